The molecule has 0 unspecified atom stereocenters. The van der Waals surface area contributed by atoms with Crippen molar-refractivity contribution in [3.63, 3.8) is 0 Å². The van der Waals surface area contributed by atoms with Crippen molar-refractivity contribution in [1.29, 1.82) is 0 Å². The number of aromatic nitrogens is 1. The minimum Gasteiger partial charge on any atom is -0.477 e. The first-order valence-electron chi connectivity index (χ1n) is 9.04. The van der Waals surface area contributed by atoms with Crippen molar-refractivity contribution >= 4 is 22.6 Å². The van der Waals surface area contributed by atoms with Crippen LogP contribution in [0.2, 0.25) is 0 Å². The lowest BCUT2D eigenvalue weighted by molar-refractivity contribution is 0.0694. The molecule has 0 radical (unpaired) electrons. The van der Waals surface area contributed by atoms with E-state index in [1.165, 1.54) is 17.7 Å². The van der Waals surface area contributed by atoms with Gasteiger partial charge in [-0.2, -0.15) is 0 Å². The summed E-state index contributed by atoms with van der Waals surface area (Å²) in [4.78, 5) is 25.7. The van der Waals surface area contributed by atoms with Gasteiger partial charge in [0.2, 0.25) is 5.43 Å². The minimum absolute atomic E-state index is 0.0347. The number of carbonyl (C=O) groups is 1. The number of fused-ring (bicyclic) bond motifs is 1. The molecule has 1 aliphatic carbocycles. The van der Waals surface area contributed by atoms with E-state index in [0.717, 1.165) is 12.8 Å². The van der Waals surface area contributed by atoms with E-state index in [-0.39, 0.29) is 28.2 Å². The fourth-order valence-electron chi connectivity index (χ4n) is 3.86. The molecule has 8 heteroatoms. The van der Waals surface area contributed by atoms with Crippen LogP contribution in [0, 0.1) is 18.6 Å². The predicted molar refractivity (Wildman–Crippen MR) is 95.5 cm³/mol. The van der Waals surface area contributed by atoms with Gasteiger partial charge in [0.15, 0.2) is 11.6 Å². The number of aromatic carboxylic acids is 1. The molecule has 0 bridgehead atoms. The summed E-state index contributed by atoms with van der Waals surface area (Å²) in [6.45, 7) is 1.99. The number of hydrogen-bond donors (Lipinski definition) is 2. The van der Waals surface area contributed by atoms with Crippen LogP contribution in [-0.2, 0) is 0 Å². The second-order valence-corrected chi connectivity index (χ2v) is 7.36. The lowest BCUT2D eigenvalue weighted by Crippen LogP contribution is -2.37. The maximum atomic E-state index is 15.5. The van der Waals surface area contributed by atoms with Gasteiger partial charge >= 0.3 is 5.97 Å². The van der Waals surface area contributed by atoms with Crippen molar-refractivity contribution in [2.45, 2.75) is 44.8 Å². The molecule has 0 atom stereocenters. The summed E-state index contributed by atoms with van der Waals surface area (Å²) in [5, 5.41) is 18.8. The number of rotatable bonds is 3. The lowest BCUT2D eigenvalue weighted by atomic mass is 10.0. The first-order chi connectivity index (χ1) is 12.8. The molecule has 2 fully saturated rings. The highest BCUT2D eigenvalue weighted by Crippen LogP contribution is 2.41. The molecule has 1 saturated carbocycles. The number of carboxylic acid groups (broad SMARTS) is 1. The van der Waals surface area contributed by atoms with E-state index >= 15 is 8.78 Å². The zero-order chi connectivity index (χ0) is 19.5. The number of benzene rings is 1. The topological polar surface area (TPSA) is 82.8 Å². The number of piperidine rings is 1. The zero-order valence-corrected chi connectivity index (χ0v) is 14.8. The number of anilines is 1. The molecule has 2 aliphatic rings. The van der Waals surface area contributed by atoms with Gasteiger partial charge in [0.1, 0.15) is 11.3 Å². The number of hydrogen-bond acceptors (Lipinski definition) is 4. The summed E-state index contributed by atoms with van der Waals surface area (Å²) in [6, 6.07) is -0.0958. The minimum atomic E-state index is -1.41. The first-order valence-corrected chi connectivity index (χ1v) is 9.04. The van der Waals surface area contributed by atoms with E-state index < -0.39 is 34.7 Å². The van der Waals surface area contributed by atoms with Crippen molar-refractivity contribution in [3.05, 3.63) is 39.2 Å². The summed E-state index contributed by atoms with van der Waals surface area (Å²) in [6.07, 6.45) is 2.99. The highest BCUT2D eigenvalue weighted by molar-refractivity contribution is 5.95. The molecule has 1 aromatic heterocycles. The van der Waals surface area contributed by atoms with Crippen LogP contribution >= 0.6 is 0 Å². The molecule has 2 aromatic rings. The maximum absolute atomic E-state index is 15.5. The quantitative estimate of drug-likeness (QED) is 0.858. The normalized spacial score (nSPS) is 18.3. The Bertz CT molecular complexity index is 1010. The van der Waals surface area contributed by atoms with Crippen molar-refractivity contribution < 1.29 is 23.8 Å². The molecular formula is C19H20F2N2O4. The van der Waals surface area contributed by atoms with Crippen molar-refractivity contribution in [3.8, 4) is 0 Å². The standard InChI is InChI=1S/C19H20F2N2O4/c1-9-13-16(23(10-2-3-10)8-12(18(13)25)19(26)27)15(21)17(14(9)20)22-6-4-11(24)5-7-22/h8,10-11,24H,2-7H2,1H3,(H,26,27). The average Bonchev–Trinajstić information content (AvgIpc) is 3.46. The molecule has 0 amide bonds. The number of carboxylic acids is 1. The third-order valence-electron chi connectivity index (χ3n) is 5.51. The molecule has 144 valence electrons. The van der Waals surface area contributed by atoms with Crippen LogP contribution in [0.4, 0.5) is 14.5 Å². The Balaban J connectivity index is 2.03. The molecular weight excluding hydrogens is 358 g/mol. The molecule has 1 aliphatic heterocycles. The van der Waals surface area contributed by atoms with E-state index in [4.69, 9.17) is 0 Å². The summed E-state index contributed by atoms with van der Waals surface area (Å²) in [5.41, 5.74) is -1.64. The molecule has 27 heavy (non-hydrogen) atoms. The fraction of sp³-hybridized carbons (Fsp3) is 0.474. The second kappa shape index (κ2) is 6.30. The average molecular weight is 378 g/mol. The summed E-state index contributed by atoms with van der Waals surface area (Å²) >= 11 is 0. The van der Waals surface area contributed by atoms with Crippen LogP contribution < -0.4 is 10.3 Å². The number of pyridine rings is 1. The van der Waals surface area contributed by atoms with E-state index in [0.29, 0.717) is 25.9 Å². The van der Waals surface area contributed by atoms with E-state index in [1.807, 2.05) is 0 Å². The van der Waals surface area contributed by atoms with E-state index in [2.05, 4.69) is 0 Å². The number of nitrogens with zero attached hydrogens (tertiary/aromatic N) is 2. The zero-order valence-electron chi connectivity index (χ0n) is 14.8. The van der Waals surface area contributed by atoms with Gasteiger partial charge in [-0.1, -0.05) is 0 Å². The molecule has 6 nitrogen and oxygen atoms in total. The third kappa shape index (κ3) is 2.79. The first kappa shape index (κ1) is 17.9. The van der Waals surface area contributed by atoms with Crippen molar-refractivity contribution in [2.24, 2.45) is 0 Å². The molecule has 2 heterocycles. The lowest BCUT2D eigenvalue weighted by Gasteiger charge is -2.32. The Morgan fingerprint density at radius 1 is 1.15 bits per heavy atom. The highest BCUT2D eigenvalue weighted by Gasteiger charge is 2.33. The van der Waals surface area contributed by atoms with E-state index in [1.54, 1.807) is 4.90 Å². The Labute approximate surface area is 153 Å². The highest BCUT2D eigenvalue weighted by atomic mass is 19.1. The fourth-order valence-corrected chi connectivity index (χ4v) is 3.86. The third-order valence-corrected chi connectivity index (χ3v) is 5.51. The molecule has 2 N–H and O–H groups in total. The summed E-state index contributed by atoms with van der Waals surface area (Å²) < 4.78 is 32.1. The van der Waals surface area contributed by atoms with Crippen LogP contribution in [0.25, 0.3) is 10.9 Å². The molecule has 1 saturated heterocycles. The number of halogens is 2. The van der Waals surface area contributed by atoms with Crippen LogP contribution in [0.1, 0.15) is 47.6 Å². The largest absolute Gasteiger partial charge is 0.477 e. The van der Waals surface area contributed by atoms with Gasteiger partial charge in [0.25, 0.3) is 0 Å². The maximum Gasteiger partial charge on any atom is 0.341 e. The molecule has 1 aromatic carbocycles. The second-order valence-electron chi connectivity index (χ2n) is 7.36. The molecule has 4 rings (SSSR count). The Morgan fingerprint density at radius 2 is 1.78 bits per heavy atom. The SMILES string of the molecule is Cc1c(F)c(N2CCC(O)CC2)c(F)c2c1c(=O)c(C(=O)O)cn2C1CC1. The van der Waals surface area contributed by atoms with Gasteiger partial charge in [0, 0.05) is 30.9 Å². The van der Waals surface area contributed by atoms with Crippen molar-refractivity contribution in [2.75, 3.05) is 18.0 Å². The number of aryl methyl sites for hydroxylation is 1. The van der Waals surface area contributed by atoms with Gasteiger partial charge in [-0.25, -0.2) is 13.6 Å². The van der Waals surface area contributed by atoms with Crippen LogP contribution in [0.5, 0.6) is 0 Å². The Kier molecular flexibility index (Phi) is 4.18. The number of aliphatic hydroxyl groups excluding tert-OH is 1. The van der Waals surface area contributed by atoms with Gasteiger partial charge < -0.3 is 19.7 Å². The molecule has 0 spiro atoms. The number of aliphatic hydroxyl groups is 1. The van der Waals surface area contributed by atoms with E-state index in [9.17, 15) is 19.8 Å². The Morgan fingerprint density at radius 3 is 2.33 bits per heavy atom. The smallest absolute Gasteiger partial charge is 0.341 e. The monoisotopic (exact) mass is 378 g/mol. The Hall–Kier alpha value is -2.48. The van der Waals surface area contributed by atoms with Gasteiger partial charge in [0.05, 0.1) is 17.0 Å². The van der Waals surface area contributed by atoms with Crippen LogP contribution in [0.15, 0.2) is 11.0 Å². The summed E-state index contributed by atoms with van der Waals surface area (Å²) in [5.74, 6) is -3.10. The van der Waals surface area contributed by atoms with Crippen LogP contribution in [-0.4, -0.2) is 39.9 Å². The predicted octanol–water partition coefficient (Wildman–Crippen LogP) is 2.58. The summed E-state index contributed by atoms with van der Waals surface area (Å²) in [7, 11) is 0. The van der Waals surface area contributed by atoms with Gasteiger partial charge in [-0.15, -0.1) is 0 Å². The van der Waals surface area contributed by atoms with Gasteiger partial charge in [-0.05, 0) is 32.6 Å². The van der Waals surface area contributed by atoms with Gasteiger partial charge in [-0.3, -0.25) is 4.79 Å². The van der Waals surface area contributed by atoms with Crippen molar-refractivity contribution in [1.82, 2.24) is 4.57 Å². The van der Waals surface area contributed by atoms with Crippen LogP contribution in [0.3, 0.4) is 0 Å².